The Morgan fingerprint density at radius 1 is 1.39 bits per heavy atom. The van der Waals surface area contributed by atoms with Crippen LogP contribution in [0.25, 0.3) is 0 Å². The smallest absolute Gasteiger partial charge is 0.303 e. The summed E-state index contributed by atoms with van der Waals surface area (Å²) in [5.41, 5.74) is 0.637. The van der Waals surface area contributed by atoms with Crippen LogP contribution >= 0.6 is 0 Å². The molecule has 5 heteroatoms. The van der Waals surface area contributed by atoms with Crippen molar-refractivity contribution >= 4 is 11.9 Å². The second-order valence-electron chi connectivity index (χ2n) is 6.07. The molecule has 1 aromatic carbocycles. The van der Waals surface area contributed by atoms with Crippen LogP contribution in [0.3, 0.4) is 0 Å². The lowest BCUT2D eigenvalue weighted by Gasteiger charge is -2.32. The summed E-state index contributed by atoms with van der Waals surface area (Å²) in [5, 5.41) is 8.80. The SMILES string of the molecule is CCCOc1cccc(C(=O)N2CCCC(CCC(=O)O)C2)c1. The minimum atomic E-state index is -0.769. The van der Waals surface area contributed by atoms with Crippen LogP contribution in [-0.2, 0) is 4.79 Å². The predicted molar refractivity (Wildman–Crippen MR) is 87.7 cm³/mol. The van der Waals surface area contributed by atoms with E-state index in [1.165, 1.54) is 0 Å². The highest BCUT2D eigenvalue weighted by Crippen LogP contribution is 2.23. The summed E-state index contributed by atoms with van der Waals surface area (Å²) in [7, 11) is 0. The van der Waals surface area contributed by atoms with Crippen molar-refractivity contribution < 1.29 is 19.4 Å². The zero-order valence-electron chi connectivity index (χ0n) is 13.7. The lowest BCUT2D eigenvalue weighted by Crippen LogP contribution is -2.40. The summed E-state index contributed by atoms with van der Waals surface area (Å²) in [5.74, 6) is 0.238. The summed E-state index contributed by atoms with van der Waals surface area (Å²) in [6, 6.07) is 7.29. The van der Waals surface area contributed by atoms with Crippen molar-refractivity contribution in [1.29, 1.82) is 0 Å². The van der Waals surface area contributed by atoms with Gasteiger partial charge in [-0.15, -0.1) is 0 Å². The summed E-state index contributed by atoms with van der Waals surface area (Å²) in [6.07, 6.45) is 3.67. The normalized spacial score (nSPS) is 17.8. The van der Waals surface area contributed by atoms with Crippen LogP contribution in [0.4, 0.5) is 0 Å². The van der Waals surface area contributed by atoms with Crippen LogP contribution in [0.1, 0.15) is 49.4 Å². The Morgan fingerprint density at radius 2 is 2.22 bits per heavy atom. The van der Waals surface area contributed by atoms with Crippen molar-refractivity contribution in [3.05, 3.63) is 29.8 Å². The van der Waals surface area contributed by atoms with Crippen LogP contribution in [-0.4, -0.2) is 41.6 Å². The first kappa shape index (κ1) is 17.3. The third-order valence-corrected chi connectivity index (χ3v) is 4.13. The van der Waals surface area contributed by atoms with E-state index in [1.54, 1.807) is 6.07 Å². The average molecular weight is 319 g/mol. The van der Waals surface area contributed by atoms with E-state index >= 15 is 0 Å². The maximum absolute atomic E-state index is 12.7. The molecule has 1 N–H and O–H groups in total. The molecule has 0 aromatic heterocycles. The molecule has 0 radical (unpaired) electrons. The number of carbonyl (C=O) groups excluding carboxylic acids is 1. The summed E-state index contributed by atoms with van der Waals surface area (Å²) in [6.45, 7) is 4.06. The molecule has 0 spiro atoms. The van der Waals surface area contributed by atoms with Gasteiger partial charge in [0.1, 0.15) is 5.75 Å². The molecule has 1 aliphatic heterocycles. The number of rotatable bonds is 7. The van der Waals surface area contributed by atoms with Crippen molar-refractivity contribution in [2.24, 2.45) is 5.92 Å². The molecule has 1 aliphatic rings. The molecule has 126 valence electrons. The maximum atomic E-state index is 12.7. The molecule has 1 unspecified atom stereocenters. The number of likely N-dealkylation sites (tertiary alicyclic amines) is 1. The molecule has 1 saturated heterocycles. The fourth-order valence-corrected chi connectivity index (χ4v) is 2.93. The number of hydrogen-bond donors (Lipinski definition) is 1. The summed E-state index contributed by atoms with van der Waals surface area (Å²) < 4.78 is 5.58. The second kappa shape index (κ2) is 8.56. The van der Waals surface area contributed by atoms with Crippen LogP contribution < -0.4 is 4.74 Å². The lowest BCUT2D eigenvalue weighted by molar-refractivity contribution is -0.137. The van der Waals surface area contributed by atoms with Crippen molar-refractivity contribution in [2.75, 3.05) is 19.7 Å². The Morgan fingerprint density at radius 3 is 2.96 bits per heavy atom. The third-order valence-electron chi connectivity index (χ3n) is 4.13. The standard InChI is InChI=1S/C18H25NO4/c1-2-11-23-16-7-3-6-15(12-16)18(22)19-10-4-5-14(13-19)8-9-17(20)21/h3,6-7,12,14H,2,4-5,8-11,13H2,1H3,(H,20,21). The van der Waals surface area contributed by atoms with Gasteiger partial charge in [0.25, 0.3) is 5.91 Å². The summed E-state index contributed by atoms with van der Waals surface area (Å²) >= 11 is 0. The Kier molecular flexibility index (Phi) is 6.44. The van der Waals surface area contributed by atoms with Gasteiger partial charge in [-0.25, -0.2) is 0 Å². The largest absolute Gasteiger partial charge is 0.494 e. The van der Waals surface area contributed by atoms with E-state index in [1.807, 2.05) is 30.0 Å². The molecule has 5 nitrogen and oxygen atoms in total. The number of carboxylic acid groups (broad SMARTS) is 1. The van der Waals surface area contributed by atoms with Crippen molar-refractivity contribution in [3.8, 4) is 5.75 Å². The van der Waals surface area contributed by atoms with Gasteiger partial charge < -0.3 is 14.7 Å². The van der Waals surface area contributed by atoms with Gasteiger partial charge in [-0.05, 0) is 49.8 Å². The molecule has 0 bridgehead atoms. The molecular formula is C18H25NO4. The zero-order chi connectivity index (χ0) is 16.7. The van der Waals surface area contributed by atoms with E-state index in [9.17, 15) is 9.59 Å². The Bertz CT molecular complexity index is 544. The molecule has 23 heavy (non-hydrogen) atoms. The van der Waals surface area contributed by atoms with Crippen LogP contribution in [0.15, 0.2) is 24.3 Å². The maximum Gasteiger partial charge on any atom is 0.303 e. The molecule has 2 rings (SSSR count). The van der Waals surface area contributed by atoms with E-state index in [-0.39, 0.29) is 18.2 Å². The highest BCUT2D eigenvalue weighted by molar-refractivity contribution is 5.94. The first-order valence-electron chi connectivity index (χ1n) is 8.34. The van der Waals surface area contributed by atoms with E-state index < -0.39 is 5.97 Å². The highest BCUT2D eigenvalue weighted by Gasteiger charge is 2.25. The average Bonchev–Trinajstić information content (AvgIpc) is 2.58. The minimum Gasteiger partial charge on any atom is -0.494 e. The van der Waals surface area contributed by atoms with Gasteiger partial charge in [0, 0.05) is 25.1 Å². The Hall–Kier alpha value is -2.04. The zero-order valence-corrected chi connectivity index (χ0v) is 13.7. The fourth-order valence-electron chi connectivity index (χ4n) is 2.93. The van der Waals surface area contributed by atoms with Crippen LogP contribution in [0, 0.1) is 5.92 Å². The number of carboxylic acids is 1. The van der Waals surface area contributed by atoms with E-state index in [2.05, 4.69) is 0 Å². The van der Waals surface area contributed by atoms with Gasteiger partial charge >= 0.3 is 5.97 Å². The lowest BCUT2D eigenvalue weighted by atomic mass is 9.93. The predicted octanol–water partition coefficient (Wildman–Crippen LogP) is 3.19. The minimum absolute atomic E-state index is 0.00646. The van der Waals surface area contributed by atoms with Gasteiger partial charge in [0.2, 0.25) is 0 Å². The first-order valence-corrected chi connectivity index (χ1v) is 8.34. The number of amides is 1. The molecular weight excluding hydrogens is 294 g/mol. The molecule has 1 aromatic rings. The molecule has 1 atom stereocenters. The van der Waals surface area contributed by atoms with Crippen molar-refractivity contribution in [2.45, 2.75) is 39.0 Å². The Labute approximate surface area is 137 Å². The van der Waals surface area contributed by atoms with Gasteiger partial charge in [-0.3, -0.25) is 9.59 Å². The van der Waals surface area contributed by atoms with Crippen LogP contribution in [0.5, 0.6) is 5.75 Å². The first-order chi connectivity index (χ1) is 11.1. The number of ether oxygens (including phenoxy) is 1. The van der Waals surface area contributed by atoms with Crippen LogP contribution in [0.2, 0.25) is 0 Å². The third kappa shape index (κ3) is 5.27. The number of benzene rings is 1. The highest BCUT2D eigenvalue weighted by atomic mass is 16.5. The van der Waals surface area contributed by atoms with E-state index in [0.717, 1.165) is 31.6 Å². The summed E-state index contributed by atoms with van der Waals surface area (Å²) in [4.78, 5) is 25.2. The topological polar surface area (TPSA) is 66.8 Å². The second-order valence-corrected chi connectivity index (χ2v) is 6.07. The monoisotopic (exact) mass is 319 g/mol. The molecule has 1 heterocycles. The number of nitrogens with zero attached hydrogens (tertiary/aromatic N) is 1. The number of hydrogen-bond acceptors (Lipinski definition) is 3. The van der Waals surface area contributed by atoms with Gasteiger partial charge in [0.05, 0.1) is 6.61 Å². The van der Waals surface area contributed by atoms with Crippen molar-refractivity contribution in [1.82, 2.24) is 4.90 Å². The van der Waals surface area contributed by atoms with Gasteiger partial charge in [-0.1, -0.05) is 13.0 Å². The van der Waals surface area contributed by atoms with E-state index in [0.29, 0.717) is 25.1 Å². The molecule has 1 fully saturated rings. The number of aliphatic carboxylic acids is 1. The number of carbonyl (C=O) groups is 2. The number of piperidine rings is 1. The molecule has 0 saturated carbocycles. The van der Waals surface area contributed by atoms with Gasteiger partial charge in [0.15, 0.2) is 0 Å². The molecule has 1 amide bonds. The van der Waals surface area contributed by atoms with Gasteiger partial charge in [-0.2, -0.15) is 0 Å². The fraction of sp³-hybridized carbons (Fsp3) is 0.556. The Balaban J connectivity index is 1.97. The quantitative estimate of drug-likeness (QED) is 0.838. The molecule has 0 aliphatic carbocycles. The van der Waals surface area contributed by atoms with Crippen molar-refractivity contribution in [3.63, 3.8) is 0 Å². The van der Waals surface area contributed by atoms with E-state index in [4.69, 9.17) is 9.84 Å².